The molecule has 1 aliphatic rings. The minimum atomic E-state index is -0.931. The van der Waals surface area contributed by atoms with Gasteiger partial charge in [-0.15, -0.1) is 0 Å². The van der Waals surface area contributed by atoms with Gasteiger partial charge < -0.3 is 18.9 Å². The van der Waals surface area contributed by atoms with Gasteiger partial charge in [0, 0.05) is 11.1 Å². The Labute approximate surface area is 127 Å². The second-order valence-electron chi connectivity index (χ2n) is 4.61. The van der Waals surface area contributed by atoms with Crippen molar-refractivity contribution in [2.45, 2.75) is 12.8 Å². The summed E-state index contributed by atoms with van der Waals surface area (Å²) in [5, 5.41) is 0. The van der Waals surface area contributed by atoms with Gasteiger partial charge in [-0.25, -0.2) is 9.59 Å². The normalized spacial score (nSPS) is 20.9. The number of ether oxygens (including phenoxy) is 4. The van der Waals surface area contributed by atoms with Crippen molar-refractivity contribution in [2.24, 2.45) is 11.8 Å². The van der Waals surface area contributed by atoms with E-state index in [-0.39, 0.29) is 24.0 Å². The average molecular weight is 314 g/mol. The molecule has 0 aliphatic heterocycles. The van der Waals surface area contributed by atoms with E-state index < -0.39 is 35.7 Å². The third kappa shape index (κ3) is 3.44. The maximum Gasteiger partial charge on any atom is 0.334 e. The van der Waals surface area contributed by atoms with E-state index in [0.717, 1.165) is 14.2 Å². The van der Waals surface area contributed by atoms with Crippen molar-refractivity contribution in [3.8, 4) is 0 Å². The van der Waals surface area contributed by atoms with Crippen LogP contribution < -0.4 is 0 Å². The largest absolute Gasteiger partial charge is 0.469 e. The highest BCUT2D eigenvalue weighted by Gasteiger charge is 2.44. The number of carbonyl (C=O) groups is 4. The molecule has 2 unspecified atom stereocenters. The van der Waals surface area contributed by atoms with E-state index in [1.165, 1.54) is 14.2 Å². The lowest BCUT2D eigenvalue weighted by molar-refractivity contribution is -0.159. The Morgan fingerprint density at radius 2 is 1.00 bits per heavy atom. The molecule has 0 spiro atoms. The summed E-state index contributed by atoms with van der Waals surface area (Å²) in [6.45, 7) is 0. The van der Waals surface area contributed by atoms with Crippen LogP contribution in [0.4, 0.5) is 0 Å². The van der Waals surface area contributed by atoms with Gasteiger partial charge in [0.15, 0.2) is 0 Å². The minimum absolute atomic E-state index is 0.00454. The molecule has 2 atom stereocenters. The zero-order valence-electron chi connectivity index (χ0n) is 12.8. The van der Waals surface area contributed by atoms with Gasteiger partial charge in [-0.1, -0.05) is 0 Å². The van der Waals surface area contributed by atoms with Crippen LogP contribution in [0.1, 0.15) is 12.8 Å². The lowest BCUT2D eigenvalue weighted by Crippen LogP contribution is -2.38. The molecule has 0 aromatic heterocycles. The van der Waals surface area contributed by atoms with Crippen LogP contribution in [0.25, 0.3) is 0 Å². The smallest absolute Gasteiger partial charge is 0.334 e. The highest BCUT2D eigenvalue weighted by molar-refractivity contribution is 6.02. The second-order valence-corrected chi connectivity index (χ2v) is 4.61. The van der Waals surface area contributed by atoms with E-state index in [1.807, 2.05) is 0 Å². The second kappa shape index (κ2) is 7.58. The SMILES string of the molecule is COC(=O)C1=C(C(=O)OC)CC(C(=O)OC)C(C(=O)OC)C1. The zero-order valence-corrected chi connectivity index (χ0v) is 12.8. The standard InChI is InChI=1S/C14H18O8/c1-19-11(15)7-5-9(13(17)21-3)10(14(18)22-4)6-8(7)12(16)20-2/h7-8H,5-6H2,1-4H3. The fourth-order valence-electron chi connectivity index (χ4n) is 2.43. The summed E-state index contributed by atoms with van der Waals surface area (Å²) in [6.07, 6.45) is -0.326. The Bertz CT molecular complexity index is 473. The summed E-state index contributed by atoms with van der Waals surface area (Å²) < 4.78 is 18.6. The first-order valence-corrected chi connectivity index (χ1v) is 6.45. The quantitative estimate of drug-likeness (QED) is 0.527. The van der Waals surface area contributed by atoms with Crippen LogP contribution in [-0.2, 0) is 38.1 Å². The van der Waals surface area contributed by atoms with Crippen LogP contribution in [0.2, 0.25) is 0 Å². The van der Waals surface area contributed by atoms with Gasteiger partial charge in [-0.3, -0.25) is 9.59 Å². The Morgan fingerprint density at radius 3 is 1.23 bits per heavy atom. The molecule has 8 nitrogen and oxygen atoms in total. The van der Waals surface area contributed by atoms with Gasteiger partial charge >= 0.3 is 23.9 Å². The molecule has 122 valence electrons. The number of hydrogen-bond donors (Lipinski definition) is 0. The van der Waals surface area contributed by atoms with Gasteiger partial charge in [0.1, 0.15) is 0 Å². The van der Waals surface area contributed by atoms with Crippen molar-refractivity contribution in [3.63, 3.8) is 0 Å². The molecule has 0 aromatic rings. The molecule has 0 N–H and O–H groups in total. The van der Waals surface area contributed by atoms with E-state index >= 15 is 0 Å². The lowest BCUT2D eigenvalue weighted by Gasteiger charge is -2.29. The monoisotopic (exact) mass is 314 g/mol. The maximum absolute atomic E-state index is 11.9. The van der Waals surface area contributed by atoms with Crippen molar-refractivity contribution in [3.05, 3.63) is 11.1 Å². The number of methoxy groups -OCH3 is 4. The van der Waals surface area contributed by atoms with Crippen molar-refractivity contribution in [1.29, 1.82) is 0 Å². The summed E-state index contributed by atoms with van der Waals surface area (Å²) in [4.78, 5) is 47.4. The molecule has 8 heteroatoms. The number of hydrogen-bond acceptors (Lipinski definition) is 8. The van der Waals surface area contributed by atoms with Gasteiger partial charge in [0.2, 0.25) is 0 Å². The molecule has 1 aliphatic carbocycles. The highest BCUT2D eigenvalue weighted by Crippen LogP contribution is 2.37. The third-order valence-electron chi connectivity index (χ3n) is 3.57. The fourth-order valence-corrected chi connectivity index (χ4v) is 2.43. The summed E-state index contributed by atoms with van der Waals surface area (Å²) >= 11 is 0. The molecule has 0 amide bonds. The molecule has 0 radical (unpaired) electrons. The molecule has 22 heavy (non-hydrogen) atoms. The number of carbonyl (C=O) groups excluding carboxylic acids is 4. The minimum Gasteiger partial charge on any atom is -0.469 e. The lowest BCUT2D eigenvalue weighted by atomic mass is 9.75. The van der Waals surface area contributed by atoms with Gasteiger partial charge in [-0.2, -0.15) is 0 Å². The first kappa shape index (κ1) is 17.7. The van der Waals surface area contributed by atoms with Crippen molar-refractivity contribution >= 4 is 23.9 Å². The molecule has 0 heterocycles. The molecular formula is C14H18O8. The molecule has 0 aromatic carbocycles. The summed E-state index contributed by atoms with van der Waals surface area (Å²) in [7, 11) is 4.66. The Kier molecular flexibility index (Phi) is 6.09. The fraction of sp³-hybridized carbons (Fsp3) is 0.571. The Hall–Kier alpha value is -2.38. The van der Waals surface area contributed by atoms with Gasteiger partial charge in [0.05, 0.1) is 40.3 Å². The summed E-state index contributed by atoms with van der Waals surface area (Å²) in [5.41, 5.74) is 0.00908. The van der Waals surface area contributed by atoms with Crippen molar-refractivity contribution < 1.29 is 38.1 Å². The van der Waals surface area contributed by atoms with Crippen LogP contribution in [0.15, 0.2) is 11.1 Å². The predicted octanol–water partition coefficient (Wildman–Crippen LogP) is 0.00120. The molecule has 0 saturated carbocycles. The van der Waals surface area contributed by atoms with Crippen LogP contribution in [0.3, 0.4) is 0 Å². The first-order chi connectivity index (χ1) is 10.4. The summed E-state index contributed by atoms with van der Waals surface area (Å²) in [6, 6.07) is 0. The Morgan fingerprint density at radius 1 is 0.682 bits per heavy atom. The first-order valence-electron chi connectivity index (χ1n) is 6.45. The van der Waals surface area contributed by atoms with E-state index in [4.69, 9.17) is 0 Å². The number of esters is 4. The number of rotatable bonds is 4. The average Bonchev–Trinajstić information content (AvgIpc) is 2.57. The van der Waals surface area contributed by atoms with Crippen LogP contribution >= 0.6 is 0 Å². The predicted molar refractivity (Wildman–Crippen MR) is 71.3 cm³/mol. The van der Waals surface area contributed by atoms with Crippen LogP contribution in [-0.4, -0.2) is 52.3 Å². The van der Waals surface area contributed by atoms with E-state index in [1.54, 1.807) is 0 Å². The topological polar surface area (TPSA) is 105 Å². The van der Waals surface area contributed by atoms with Crippen molar-refractivity contribution in [2.75, 3.05) is 28.4 Å². The molecule has 0 saturated heterocycles. The van der Waals surface area contributed by atoms with Gasteiger partial charge in [0.25, 0.3) is 0 Å². The molecular weight excluding hydrogens is 296 g/mol. The highest BCUT2D eigenvalue weighted by atomic mass is 16.5. The van der Waals surface area contributed by atoms with E-state index in [2.05, 4.69) is 18.9 Å². The van der Waals surface area contributed by atoms with Gasteiger partial charge in [-0.05, 0) is 12.8 Å². The molecule has 0 bridgehead atoms. The molecule has 0 fully saturated rings. The van der Waals surface area contributed by atoms with Crippen molar-refractivity contribution in [1.82, 2.24) is 0 Å². The summed E-state index contributed by atoms with van der Waals surface area (Å²) in [5.74, 6) is -4.70. The Balaban J connectivity index is 3.33. The molecule has 1 rings (SSSR count). The maximum atomic E-state index is 11.9. The zero-order chi connectivity index (χ0) is 16.9. The van der Waals surface area contributed by atoms with E-state index in [9.17, 15) is 19.2 Å². The van der Waals surface area contributed by atoms with E-state index in [0.29, 0.717) is 0 Å². The van der Waals surface area contributed by atoms with Crippen LogP contribution in [0.5, 0.6) is 0 Å². The third-order valence-corrected chi connectivity index (χ3v) is 3.57. The van der Waals surface area contributed by atoms with Crippen LogP contribution in [0, 0.1) is 11.8 Å².